The zero-order valence-corrected chi connectivity index (χ0v) is 13.0. The van der Waals surface area contributed by atoms with Gasteiger partial charge in [-0.3, -0.25) is 4.79 Å². The molecule has 5 heteroatoms. The number of aliphatic hydroxyl groups is 1. The van der Waals surface area contributed by atoms with E-state index in [-0.39, 0.29) is 24.5 Å². The molecule has 0 fully saturated rings. The second-order valence-electron chi connectivity index (χ2n) is 5.40. The Bertz CT molecular complexity index is 429. The minimum atomic E-state index is -0.583. The van der Waals surface area contributed by atoms with E-state index in [1.165, 1.54) is 0 Å². The van der Waals surface area contributed by atoms with Crippen molar-refractivity contribution >= 4 is 21.8 Å². The summed E-state index contributed by atoms with van der Waals surface area (Å²) in [6.07, 6.45) is -0.583. The largest absolute Gasteiger partial charge is 0.483 e. The van der Waals surface area contributed by atoms with Gasteiger partial charge in [0.2, 0.25) is 0 Å². The molecule has 1 amide bonds. The molecule has 1 rings (SSSR count). The van der Waals surface area contributed by atoms with Crippen LogP contribution in [0.1, 0.15) is 20.8 Å². The molecule has 0 saturated carbocycles. The lowest BCUT2D eigenvalue weighted by Crippen LogP contribution is -2.40. The Balaban J connectivity index is 2.35. The number of hydrogen-bond acceptors (Lipinski definition) is 3. The fourth-order valence-corrected chi connectivity index (χ4v) is 1.67. The lowest BCUT2D eigenvalue weighted by atomic mass is 9.89. The maximum Gasteiger partial charge on any atom is 0.258 e. The number of carbonyl (C=O) groups excluding carboxylic acids is 1. The SMILES string of the molecule is CC(C)(C)[C@@H](O)CNC(=O)COc1ccccc1Br. The first-order valence-electron chi connectivity index (χ1n) is 6.13. The number of halogens is 1. The third kappa shape index (κ3) is 5.61. The van der Waals surface area contributed by atoms with Gasteiger partial charge in [-0.05, 0) is 33.5 Å². The smallest absolute Gasteiger partial charge is 0.258 e. The Labute approximate surface area is 122 Å². The number of rotatable bonds is 5. The van der Waals surface area contributed by atoms with Crippen LogP contribution in [0, 0.1) is 5.41 Å². The highest BCUT2D eigenvalue weighted by molar-refractivity contribution is 9.10. The molecule has 1 aromatic carbocycles. The van der Waals surface area contributed by atoms with Crippen LogP contribution in [0.2, 0.25) is 0 Å². The van der Waals surface area contributed by atoms with Gasteiger partial charge < -0.3 is 15.2 Å². The van der Waals surface area contributed by atoms with Gasteiger partial charge in [0.05, 0.1) is 10.6 Å². The minimum Gasteiger partial charge on any atom is -0.483 e. The van der Waals surface area contributed by atoms with Crippen LogP contribution in [0.3, 0.4) is 0 Å². The van der Waals surface area contributed by atoms with Gasteiger partial charge in [-0.25, -0.2) is 0 Å². The molecule has 0 unspecified atom stereocenters. The number of carbonyl (C=O) groups is 1. The van der Waals surface area contributed by atoms with Crippen molar-refractivity contribution in [2.75, 3.05) is 13.2 Å². The number of hydrogen-bond donors (Lipinski definition) is 2. The van der Waals surface area contributed by atoms with Crippen LogP contribution in [-0.4, -0.2) is 30.3 Å². The lowest BCUT2D eigenvalue weighted by molar-refractivity contribution is -0.123. The van der Waals surface area contributed by atoms with Crippen molar-refractivity contribution < 1.29 is 14.6 Å². The van der Waals surface area contributed by atoms with Crippen LogP contribution in [0.4, 0.5) is 0 Å². The maximum absolute atomic E-state index is 11.6. The van der Waals surface area contributed by atoms with Crippen molar-refractivity contribution in [1.82, 2.24) is 5.32 Å². The summed E-state index contributed by atoms with van der Waals surface area (Å²) in [7, 11) is 0. The van der Waals surface area contributed by atoms with E-state index in [0.717, 1.165) is 4.47 Å². The quantitative estimate of drug-likeness (QED) is 0.871. The summed E-state index contributed by atoms with van der Waals surface area (Å²) in [4.78, 5) is 11.6. The second kappa shape index (κ2) is 6.91. The zero-order chi connectivity index (χ0) is 14.5. The van der Waals surface area contributed by atoms with Crippen molar-refractivity contribution in [3.8, 4) is 5.75 Å². The van der Waals surface area contributed by atoms with Gasteiger partial charge in [-0.1, -0.05) is 32.9 Å². The first-order valence-corrected chi connectivity index (χ1v) is 6.92. The van der Waals surface area contributed by atoms with Gasteiger partial charge in [0, 0.05) is 6.54 Å². The predicted octanol–water partition coefficient (Wildman–Crippen LogP) is 2.35. The highest BCUT2D eigenvalue weighted by Crippen LogP contribution is 2.23. The van der Waals surface area contributed by atoms with Gasteiger partial charge >= 0.3 is 0 Å². The molecule has 0 bridgehead atoms. The van der Waals surface area contributed by atoms with E-state index in [4.69, 9.17) is 4.74 Å². The van der Waals surface area contributed by atoms with E-state index in [1.54, 1.807) is 6.07 Å². The molecule has 2 N–H and O–H groups in total. The molecule has 1 aromatic rings. The molecule has 0 aliphatic rings. The van der Waals surface area contributed by atoms with E-state index in [2.05, 4.69) is 21.2 Å². The minimum absolute atomic E-state index is 0.0700. The summed E-state index contributed by atoms with van der Waals surface area (Å²) in [5, 5.41) is 12.5. The molecule has 0 aliphatic carbocycles. The molecule has 0 aromatic heterocycles. The summed E-state index contributed by atoms with van der Waals surface area (Å²) >= 11 is 3.34. The zero-order valence-electron chi connectivity index (χ0n) is 11.4. The molecular weight excluding hydrogens is 310 g/mol. The Morgan fingerprint density at radius 2 is 2.05 bits per heavy atom. The standard InChI is InChI=1S/C14H20BrNO3/c1-14(2,3)12(17)8-16-13(18)9-19-11-7-5-4-6-10(11)15/h4-7,12,17H,8-9H2,1-3H3,(H,16,18)/t12-/m0/s1. The van der Waals surface area contributed by atoms with Crippen LogP contribution in [0.5, 0.6) is 5.75 Å². The van der Waals surface area contributed by atoms with Crippen LogP contribution < -0.4 is 10.1 Å². The fourth-order valence-electron chi connectivity index (χ4n) is 1.27. The highest BCUT2D eigenvalue weighted by Gasteiger charge is 2.22. The Morgan fingerprint density at radius 3 is 2.63 bits per heavy atom. The van der Waals surface area contributed by atoms with Gasteiger partial charge in [0.1, 0.15) is 5.75 Å². The molecule has 1 atom stereocenters. The maximum atomic E-state index is 11.6. The molecular formula is C14H20BrNO3. The molecule has 106 valence electrons. The number of amides is 1. The van der Waals surface area contributed by atoms with Crippen molar-refractivity contribution in [3.05, 3.63) is 28.7 Å². The molecule has 0 aliphatic heterocycles. The van der Waals surface area contributed by atoms with Crippen molar-refractivity contribution in [1.29, 1.82) is 0 Å². The van der Waals surface area contributed by atoms with Crippen LogP contribution >= 0.6 is 15.9 Å². The number of para-hydroxylation sites is 1. The molecule has 4 nitrogen and oxygen atoms in total. The fraction of sp³-hybridized carbons (Fsp3) is 0.500. The second-order valence-corrected chi connectivity index (χ2v) is 6.26. The van der Waals surface area contributed by atoms with E-state index in [1.807, 2.05) is 39.0 Å². The number of benzene rings is 1. The lowest BCUT2D eigenvalue weighted by Gasteiger charge is -2.25. The molecule has 0 saturated heterocycles. The number of aliphatic hydroxyl groups excluding tert-OH is 1. The third-order valence-corrected chi connectivity index (χ3v) is 3.34. The van der Waals surface area contributed by atoms with Crippen LogP contribution in [-0.2, 0) is 4.79 Å². The third-order valence-electron chi connectivity index (χ3n) is 2.69. The molecule has 19 heavy (non-hydrogen) atoms. The van der Waals surface area contributed by atoms with E-state index >= 15 is 0 Å². The summed E-state index contributed by atoms with van der Waals surface area (Å²) in [6, 6.07) is 7.33. The Kier molecular flexibility index (Phi) is 5.82. The summed E-state index contributed by atoms with van der Waals surface area (Å²) in [5.41, 5.74) is -0.253. The van der Waals surface area contributed by atoms with Crippen molar-refractivity contribution in [3.63, 3.8) is 0 Å². The van der Waals surface area contributed by atoms with Gasteiger partial charge in [-0.15, -0.1) is 0 Å². The monoisotopic (exact) mass is 329 g/mol. The number of ether oxygens (including phenoxy) is 1. The van der Waals surface area contributed by atoms with Gasteiger partial charge in [0.15, 0.2) is 6.61 Å². The summed E-state index contributed by atoms with van der Waals surface area (Å²) in [6.45, 7) is 5.91. The van der Waals surface area contributed by atoms with Crippen molar-refractivity contribution in [2.24, 2.45) is 5.41 Å². The average Bonchev–Trinajstić information content (AvgIpc) is 2.33. The van der Waals surface area contributed by atoms with E-state index in [0.29, 0.717) is 5.75 Å². The predicted molar refractivity (Wildman–Crippen MR) is 78.1 cm³/mol. The van der Waals surface area contributed by atoms with Crippen LogP contribution in [0.25, 0.3) is 0 Å². The van der Waals surface area contributed by atoms with Gasteiger partial charge in [-0.2, -0.15) is 0 Å². The Hall–Kier alpha value is -1.07. The molecule has 0 radical (unpaired) electrons. The highest BCUT2D eigenvalue weighted by atomic mass is 79.9. The first-order chi connectivity index (χ1) is 8.80. The van der Waals surface area contributed by atoms with Crippen LogP contribution in [0.15, 0.2) is 28.7 Å². The molecule has 0 spiro atoms. The summed E-state index contributed by atoms with van der Waals surface area (Å²) < 4.78 is 6.18. The topological polar surface area (TPSA) is 58.6 Å². The average molecular weight is 330 g/mol. The van der Waals surface area contributed by atoms with E-state index < -0.39 is 6.10 Å². The number of nitrogens with one attached hydrogen (secondary N) is 1. The van der Waals surface area contributed by atoms with Gasteiger partial charge in [0.25, 0.3) is 5.91 Å². The normalized spacial score (nSPS) is 12.9. The summed E-state index contributed by atoms with van der Waals surface area (Å²) in [5.74, 6) is 0.369. The molecule has 0 heterocycles. The first kappa shape index (κ1) is 16.0. The van der Waals surface area contributed by atoms with Crippen molar-refractivity contribution in [2.45, 2.75) is 26.9 Å². The van der Waals surface area contributed by atoms with E-state index in [9.17, 15) is 9.90 Å². The Morgan fingerprint density at radius 1 is 1.42 bits per heavy atom.